The molecule has 0 aliphatic rings. The number of hydrogen-bond donors (Lipinski definition) is 0. The van der Waals surface area contributed by atoms with Gasteiger partial charge in [0.1, 0.15) is 12.4 Å². The van der Waals surface area contributed by atoms with Gasteiger partial charge in [0.2, 0.25) is 0 Å². The van der Waals surface area contributed by atoms with Crippen molar-refractivity contribution in [1.82, 2.24) is 0 Å². The molecule has 4 nitrogen and oxygen atoms in total. The van der Waals surface area contributed by atoms with Crippen LogP contribution < -0.4 is 5.63 Å². The molecule has 0 saturated heterocycles. The summed E-state index contributed by atoms with van der Waals surface area (Å²) in [5.41, 5.74) is 1.20. The first-order valence-electron chi connectivity index (χ1n) is 6.31. The molecule has 0 radical (unpaired) electrons. The van der Waals surface area contributed by atoms with E-state index in [4.69, 9.17) is 13.9 Å². The normalized spacial score (nSPS) is 11.2. The quantitative estimate of drug-likeness (QED) is 0.316. The van der Waals surface area contributed by atoms with E-state index in [-0.39, 0.29) is 12.4 Å². The highest BCUT2D eigenvalue weighted by molar-refractivity contribution is 6.04. The summed E-state index contributed by atoms with van der Waals surface area (Å²) >= 11 is 0. The zero-order valence-electron chi connectivity index (χ0n) is 11.1. The Morgan fingerprint density at radius 3 is 2.65 bits per heavy atom. The molecule has 3 aromatic rings. The molecule has 0 spiro atoms. The minimum atomic E-state index is -0.317. The Kier molecular flexibility index (Phi) is 3.50. The Labute approximate surface area is 115 Å². The highest BCUT2D eigenvalue weighted by Crippen LogP contribution is 2.23. The predicted octanol–water partition coefficient (Wildman–Crippen LogP) is 3.07. The fraction of sp³-hybridized carbons (Fsp3) is 0.188. The van der Waals surface area contributed by atoms with Crippen LogP contribution in [0.1, 0.15) is 5.56 Å². The molecule has 3 rings (SSSR count). The molecule has 4 heteroatoms. The molecule has 0 atom stereocenters. The Balaban J connectivity index is 2.11. The van der Waals surface area contributed by atoms with E-state index in [1.165, 1.54) is 0 Å². The topological polar surface area (TPSA) is 48.7 Å². The van der Waals surface area contributed by atoms with Crippen molar-refractivity contribution in [3.63, 3.8) is 0 Å². The second-order valence-corrected chi connectivity index (χ2v) is 4.52. The first kappa shape index (κ1) is 12.8. The van der Waals surface area contributed by atoms with Crippen LogP contribution in [0, 0.1) is 0 Å². The highest BCUT2D eigenvalue weighted by Gasteiger charge is 2.07. The van der Waals surface area contributed by atoms with Gasteiger partial charge >= 0.3 is 5.63 Å². The van der Waals surface area contributed by atoms with Gasteiger partial charge in [-0.05, 0) is 23.1 Å². The third-order valence-corrected chi connectivity index (χ3v) is 3.16. The van der Waals surface area contributed by atoms with Gasteiger partial charge in [-0.25, -0.2) is 4.79 Å². The van der Waals surface area contributed by atoms with Crippen LogP contribution in [-0.2, 0) is 16.1 Å². The summed E-state index contributed by atoms with van der Waals surface area (Å²) in [4.78, 5) is 11.9. The zero-order valence-corrected chi connectivity index (χ0v) is 11.1. The van der Waals surface area contributed by atoms with Crippen LogP contribution >= 0.6 is 0 Å². The van der Waals surface area contributed by atoms with E-state index in [1.54, 1.807) is 13.2 Å². The lowest BCUT2D eigenvalue weighted by Gasteiger charge is -2.06. The van der Waals surface area contributed by atoms with Crippen molar-refractivity contribution >= 4 is 21.7 Å². The van der Waals surface area contributed by atoms with Gasteiger partial charge in [0.05, 0.1) is 12.0 Å². The Morgan fingerprint density at radius 1 is 1.05 bits per heavy atom. The maximum Gasteiger partial charge on any atom is 0.344 e. The van der Waals surface area contributed by atoms with Crippen LogP contribution in [0.5, 0.6) is 0 Å². The molecule has 0 saturated carbocycles. The molecule has 0 N–H and O–H groups in total. The number of rotatable bonds is 4. The van der Waals surface area contributed by atoms with Gasteiger partial charge in [-0.15, -0.1) is 0 Å². The second kappa shape index (κ2) is 5.45. The molecule has 0 aliphatic heterocycles. The predicted molar refractivity (Wildman–Crippen MR) is 76.7 cm³/mol. The van der Waals surface area contributed by atoms with Gasteiger partial charge in [0.25, 0.3) is 0 Å². The lowest BCUT2D eigenvalue weighted by molar-refractivity contribution is -0.0390. The van der Waals surface area contributed by atoms with Crippen LogP contribution in [0.15, 0.2) is 51.7 Å². The summed E-state index contributed by atoms with van der Waals surface area (Å²) in [6, 6.07) is 13.2. The SMILES string of the molecule is COCOCc1ccc2c(c1)oc(=O)c1ccccc12. The minimum Gasteiger partial charge on any atom is -0.422 e. The van der Waals surface area contributed by atoms with Gasteiger partial charge in [-0.3, -0.25) is 0 Å². The molecule has 0 fully saturated rings. The van der Waals surface area contributed by atoms with Crippen molar-refractivity contribution < 1.29 is 13.9 Å². The lowest BCUT2D eigenvalue weighted by Crippen LogP contribution is -2.00. The third-order valence-electron chi connectivity index (χ3n) is 3.16. The van der Waals surface area contributed by atoms with Gasteiger partial charge in [-0.1, -0.05) is 30.3 Å². The van der Waals surface area contributed by atoms with Crippen LogP contribution in [0.25, 0.3) is 21.7 Å². The third kappa shape index (κ3) is 2.31. The van der Waals surface area contributed by atoms with E-state index in [9.17, 15) is 4.79 Å². The highest BCUT2D eigenvalue weighted by atomic mass is 16.7. The zero-order chi connectivity index (χ0) is 13.9. The van der Waals surface area contributed by atoms with Crippen molar-refractivity contribution in [3.8, 4) is 0 Å². The molecular formula is C16H14O4. The monoisotopic (exact) mass is 270 g/mol. The molecule has 0 aliphatic carbocycles. The number of fused-ring (bicyclic) bond motifs is 3. The fourth-order valence-electron chi connectivity index (χ4n) is 2.26. The van der Waals surface area contributed by atoms with E-state index in [1.807, 2.05) is 36.4 Å². The molecule has 1 heterocycles. The summed E-state index contributed by atoms with van der Waals surface area (Å²) in [7, 11) is 1.57. The summed E-state index contributed by atoms with van der Waals surface area (Å²) in [6.07, 6.45) is 0. The maximum atomic E-state index is 11.9. The van der Waals surface area contributed by atoms with Crippen molar-refractivity contribution in [3.05, 3.63) is 58.4 Å². The molecule has 0 amide bonds. The van der Waals surface area contributed by atoms with Crippen molar-refractivity contribution in [2.75, 3.05) is 13.9 Å². The summed E-state index contributed by atoms with van der Waals surface area (Å²) in [6.45, 7) is 0.653. The smallest absolute Gasteiger partial charge is 0.344 e. The fourth-order valence-corrected chi connectivity index (χ4v) is 2.26. The standard InChI is InChI=1S/C16H14O4/c1-18-10-19-9-11-6-7-13-12-4-2-3-5-14(12)16(17)20-15(13)8-11/h2-8H,9-10H2,1H3. The van der Waals surface area contributed by atoms with Gasteiger partial charge in [0, 0.05) is 12.5 Å². The molecule has 102 valence electrons. The average Bonchev–Trinajstić information content (AvgIpc) is 2.48. The van der Waals surface area contributed by atoms with E-state index in [0.717, 1.165) is 16.3 Å². The van der Waals surface area contributed by atoms with Gasteiger partial charge in [0.15, 0.2) is 0 Å². The van der Waals surface area contributed by atoms with Crippen LogP contribution in [0.3, 0.4) is 0 Å². The van der Waals surface area contributed by atoms with Gasteiger partial charge in [-0.2, -0.15) is 0 Å². The number of hydrogen-bond acceptors (Lipinski definition) is 4. The van der Waals surface area contributed by atoms with Crippen molar-refractivity contribution in [2.45, 2.75) is 6.61 Å². The Hall–Kier alpha value is -2.17. The van der Waals surface area contributed by atoms with E-state index >= 15 is 0 Å². The Morgan fingerprint density at radius 2 is 1.85 bits per heavy atom. The maximum absolute atomic E-state index is 11.9. The van der Waals surface area contributed by atoms with E-state index in [0.29, 0.717) is 17.6 Å². The van der Waals surface area contributed by atoms with Crippen LogP contribution in [0.2, 0.25) is 0 Å². The Bertz CT molecular complexity index is 804. The molecular weight excluding hydrogens is 256 g/mol. The van der Waals surface area contributed by atoms with Crippen molar-refractivity contribution in [2.24, 2.45) is 0 Å². The molecule has 2 aromatic carbocycles. The number of ether oxygens (including phenoxy) is 2. The van der Waals surface area contributed by atoms with Crippen molar-refractivity contribution in [1.29, 1.82) is 0 Å². The molecule has 20 heavy (non-hydrogen) atoms. The number of methoxy groups -OCH3 is 1. The second-order valence-electron chi connectivity index (χ2n) is 4.52. The van der Waals surface area contributed by atoms with E-state index in [2.05, 4.69) is 0 Å². The summed E-state index contributed by atoms with van der Waals surface area (Å²) in [5.74, 6) is 0. The largest absolute Gasteiger partial charge is 0.422 e. The van der Waals surface area contributed by atoms with E-state index < -0.39 is 0 Å². The summed E-state index contributed by atoms with van der Waals surface area (Å²) < 4.78 is 15.5. The minimum absolute atomic E-state index is 0.236. The molecule has 0 bridgehead atoms. The van der Waals surface area contributed by atoms with Crippen LogP contribution in [-0.4, -0.2) is 13.9 Å². The average molecular weight is 270 g/mol. The number of benzene rings is 2. The van der Waals surface area contributed by atoms with Gasteiger partial charge < -0.3 is 13.9 Å². The first-order valence-corrected chi connectivity index (χ1v) is 6.31. The van der Waals surface area contributed by atoms with Crippen LogP contribution in [0.4, 0.5) is 0 Å². The molecule has 0 unspecified atom stereocenters. The summed E-state index contributed by atoms with van der Waals surface area (Å²) in [5, 5.41) is 2.43. The lowest BCUT2D eigenvalue weighted by atomic mass is 10.1. The molecule has 1 aromatic heterocycles. The first-order chi connectivity index (χ1) is 9.79.